The standard InChI is InChI=1S/C15H17BrN4OS2/c1-9(10-2-4-11(16)5-3-10)17-13(21)8-22-15-20-19-14(23-15)18-12-6-7-12/h2-5,9,12H,6-8H2,1H3,(H,17,21)(H,18,19)/t9-/m1/s1. The molecule has 1 saturated carbocycles. The van der Waals surface area contributed by atoms with Crippen molar-refractivity contribution in [1.82, 2.24) is 15.5 Å². The maximum Gasteiger partial charge on any atom is 0.230 e. The number of anilines is 1. The largest absolute Gasteiger partial charge is 0.357 e. The van der Waals surface area contributed by atoms with Gasteiger partial charge in [-0.05, 0) is 37.5 Å². The maximum atomic E-state index is 12.1. The number of thioether (sulfide) groups is 1. The Labute approximate surface area is 151 Å². The molecule has 5 nitrogen and oxygen atoms in total. The molecule has 0 saturated heterocycles. The molecule has 1 fully saturated rings. The van der Waals surface area contributed by atoms with Crippen LogP contribution in [0.1, 0.15) is 31.4 Å². The van der Waals surface area contributed by atoms with E-state index in [4.69, 9.17) is 0 Å². The van der Waals surface area contributed by atoms with E-state index in [0.29, 0.717) is 11.8 Å². The normalized spacial score (nSPS) is 15.2. The first-order valence-corrected chi connectivity index (χ1v) is 9.97. The molecule has 0 unspecified atom stereocenters. The highest BCUT2D eigenvalue weighted by Crippen LogP contribution is 2.30. The van der Waals surface area contributed by atoms with Crippen molar-refractivity contribution in [2.45, 2.75) is 36.2 Å². The van der Waals surface area contributed by atoms with Crippen molar-refractivity contribution in [3.8, 4) is 0 Å². The lowest BCUT2D eigenvalue weighted by Gasteiger charge is -2.14. The third kappa shape index (κ3) is 5.19. The molecule has 0 radical (unpaired) electrons. The van der Waals surface area contributed by atoms with Crippen molar-refractivity contribution in [3.05, 3.63) is 34.3 Å². The number of halogens is 1. The fourth-order valence-electron chi connectivity index (χ4n) is 1.97. The van der Waals surface area contributed by atoms with Gasteiger partial charge in [-0.1, -0.05) is 51.2 Å². The lowest BCUT2D eigenvalue weighted by Crippen LogP contribution is -2.28. The van der Waals surface area contributed by atoms with Gasteiger partial charge in [-0.3, -0.25) is 4.79 Å². The summed E-state index contributed by atoms with van der Waals surface area (Å²) in [6.45, 7) is 1.98. The summed E-state index contributed by atoms with van der Waals surface area (Å²) in [7, 11) is 0. The van der Waals surface area contributed by atoms with E-state index in [1.807, 2.05) is 31.2 Å². The quantitative estimate of drug-likeness (QED) is 0.676. The van der Waals surface area contributed by atoms with Crippen LogP contribution >= 0.6 is 39.0 Å². The van der Waals surface area contributed by atoms with Gasteiger partial charge in [0.2, 0.25) is 11.0 Å². The molecule has 0 aliphatic heterocycles. The van der Waals surface area contributed by atoms with Crippen LogP contribution in [0.4, 0.5) is 5.13 Å². The third-order valence-corrected chi connectivity index (χ3v) is 5.90. The lowest BCUT2D eigenvalue weighted by molar-refractivity contribution is -0.119. The summed E-state index contributed by atoms with van der Waals surface area (Å²) in [6, 6.07) is 8.50. The molecule has 23 heavy (non-hydrogen) atoms. The first kappa shape index (κ1) is 16.7. The van der Waals surface area contributed by atoms with Crippen molar-refractivity contribution < 1.29 is 4.79 Å². The van der Waals surface area contributed by atoms with E-state index < -0.39 is 0 Å². The van der Waals surface area contributed by atoms with Gasteiger partial charge >= 0.3 is 0 Å². The van der Waals surface area contributed by atoms with E-state index in [-0.39, 0.29) is 11.9 Å². The van der Waals surface area contributed by atoms with Gasteiger partial charge in [-0.25, -0.2) is 0 Å². The zero-order chi connectivity index (χ0) is 16.2. The van der Waals surface area contributed by atoms with Crippen LogP contribution in [0.15, 0.2) is 33.1 Å². The van der Waals surface area contributed by atoms with Gasteiger partial charge in [-0.15, -0.1) is 10.2 Å². The van der Waals surface area contributed by atoms with Gasteiger partial charge in [0, 0.05) is 10.5 Å². The molecule has 122 valence electrons. The fourth-order valence-corrected chi connectivity index (χ4v) is 3.88. The monoisotopic (exact) mass is 412 g/mol. The minimum absolute atomic E-state index is 0.00248. The molecule has 0 bridgehead atoms. The first-order chi connectivity index (χ1) is 11.1. The van der Waals surface area contributed by atoms with Gasteiger partial charge in [-0.2, -0.15) is 0 Å². The number of hydrogen-bond acceptors (Lipinski definition) is 6. The molecule has 1 heterocycles. The molecule has 1 aliphatic rings. The molecular weight excluding hydrogens is 396 g/mol. The Balaban J connectivity index is 1.45. The van der Waals surface area contributed by atoms with E-state index in [2.05, 4.69) is 36.8 Å². The SMILES string of the molecule is C[C@@H](NC(=O)CSc1nnc(NC2CC2)s1)c1ccc(Br)cc1. The lowest BCUT2D eigenvalue weighted by atomic mass is 10.1. The number of amides is 1. The van der Waals surface area contributed by atoms with Crippen LogP contribution in [0.2, 0.25) is 0 Å². The van der Waals surface area contributed by atoms with E-state index in [1.165, 1.54) is 35.9 Å². The summed E-state index contributed by atoms with van der Waals surface area (Å²) in [5.41, 5.74) is 1.08. The number of rotatable bonds is 7. The molecule has 1 aliphatic carbocycles. The van der Waals surface area contributed by atoms with Crippen LogP contribution in [-0.4, -0.2) is 27.9 Å². The zero-order valence-electron chi connectivity index (χ0n) is 12.6. The average molecular weight is 413 g/mol. The molecule has 8 heteroatoms. The van der Waals surface area contributed by atoms with E-state index in [1.54, 1.807) is 0 Å². The number of benzene rings is 1. The van der Waals surface area contributed by atoms with Crippen LogP contribution in [0.25, 0.3) is 0 Å². The van der Waals surface area contributed by atoms with Gasteiger partial charge in [0.1, 0.15) is 0 Å². The zero-order valence-corrected chi connectivity index (χ0v) is 15.8. The number of carbonyl (C=O) groups excluding carboxylic acids is 1. The molecule has 1 aromatic carbocycles. The number of hydrogen-bond donors (Lipinski definition) is 2. The van der Waals surface area contributed by atoms with Crippen molar-refractivity contribution in [2.24, 2.45) is 0 Å². The Morgan fingerprint density at radius 3 is 2.83 bits per heavy atom. The highest BCUT2D eigenvalue weighted by molar-refractivity contribution is 9.10. The molecule has 2 N–H and O–H groups in total. The predicted octanol–water partition coefficient (Wildman–Crippen LogP) is 3.84. The predicted molar refractivity (Wildman–Crippen MR) is 98.0 cm³/mol. The fraction of sp³-hybridized carbons (Fsp3) is 0.400. The molecule has 2 aromatic rings. The van der Waals surface area contributed by atoms with E-state index >= 15 is 0 Å². The summed E-state index contributed by atoms with van der Waals surface area (Å²) in [4.78, 5) is 12.1. The average Bonchev–Trinajstić information content (AvgIpc) is 3.22. The molecule has 1 amide bonds. The Hall–Kier alpha value is -1.12. The number of nitrogens with one attached hydrogen (secondary N) is 2. The van der Waals surface area contributed by atoms with Crippen molar-refractivity contribution in [1.29, 1.82) is 0 Å². The van der Waals surface area contributed by atoms with Crippen LogP contribution in [0.3, 0.4) is 0 Å². The Bertz CT molecular complexity index is 672. The summed E-state index contributed by atoms with van der Waals surface area (Å²) in [5, 5.41) is 15.3. The number of carbonyl (C=O) groups is 1. The molecular formula is C15H17BrN4OS2. The second kappa shape index (κ2) is 7.63. The van der Waals surface area contributed by atoms with Crippen molar-refractivity contribution in [3.63, 3.8) is 0 Å². The highest BCUT2D eigenvalue weighted by atomic mass is 79.9. The summed E-state index contributed by atoms with van der Waals surface area (Å²) >= 11 is 6.34. The van der Waals surface area contributed by atoms with Gasteiger partial charge < -0.3 is 10.6 Å². The minimum atomic E-state index is -0.0160. The van der Waals surface area contributed by atoms with Gasteiger partial charge in [0.25, 0.3) is 0 Å². The maximum absolute atomic E-state index is 12.1. The Morgan fingerprint density at radius 2 is 2.13 bits per heavy atom. The minimum Gasteiger partial charge on any atom is -0.357 e. The third-order valence-electron chi connectivity index (χ3n) is 3.39. The van der Waals surface area contributed by atoms with Crippen molar-refractivity contribution in [2.75, 3.05) is 11.1 Å². The molecule has 0 spiro atoms. The topological polar surface area (TPSA) is 66.9 Å². The molecule has 1 aromatic heterocycles. The summed E-state index contributed by atoms with van der Waals surface area (Å²) in [6.07, 6.45) is 2.41. The van der Waals surface area contributed by atoms with Gasteiger partial charge in [0.05, 0.1) is 11.8 Å². The van der Waals surface area contributed by atoms with Crippen LogP contribution in [0, 0.1) is 0 Å². The summed E-state index contributed by atoms with van der Waals surface area (Å²) < 4.78 is 1.85. The van der Waals surface area contributed by atoms with Crippen LogP contribution in [-0.2, 0) is 4.79 Å². The number of aromatic nitrogens is 2. The highest BCUT2D eigenvalue weighted by Gasteiger charge is 2.22. The number of nitrogens with zero attached hydrogens (tertiary/aromatic N) is 2. The summed E-state index contributed by atoms with van der Waals surface area (Å²) in [5.74, 6) is 0.344. The first-order valence-electron chi connectivity index (χ1n) is 7.38. The van der Waals surface area contributed by atoms with E-state index in [0.717, 1.165) is 19.5 Å². The van der Waals surface area contributed by atoms with Crippen molar-refractivity contribution >= 4 is 50.1 Å². The molecule has 3 rings (SSSR count). The Morgan fingerprint density at radius 1 is 1.39 bits per heavy atom. The van der Waals surface area contributed by atoms with Crippen LogP contribution < -0.4 is 10.6 Å². The van der Waals surface area contributed by atoms with E-state index in [9.17, 15) is 4.79 Å². The Kier molecular flexibility index (Phi) is 5.55. The smallest absolute Gasteiger partial charge is 0.230 e. The van der Waals surface area contributed by atoms with Crippen LogP contribution in [0.5, 0.6) is 0 Å². The van der Waals surface area contributed by atoms with Gasteiger partial charge in [0.15, 0.2) is 4.34 Å². The molecule has 1 atom stereocenters. The second-order valence-corrected chi connectivity index (χ2v) is 8.54. The second-order valence-electron chi connectivity index (χ2n) is 5.42.